The number of hydrogen-bond acceptors (Lipinski definition) is 2. The van der Waals surface area contributed by atoms with Gasteiger partial charge in [-0.1, -0.05) is 70.8 Å². The quantitative estimate of drug-likeness (QED) is 0.381. The van der Waals surface area contributed by atoms with Gasteiger partial charge in [0, 0.05) is 0 Å². The van der Waals surface area contributed by atoms with Gasteiger partial charge in [0.25, 0.3) is 0 Å². The molecule has 1 aromatic rings. The topological polar surface area (TPSA) is 46.5 Å². The van der Waals surface area contributed by atoms with E-state index in [9.17, 15) is 4.21 Å². The monoisotopic (exact) mass is 326 g/mol. The smallest absolute Gasteiger partial charge is 0.186 e. The van der Waals surface area contributed by atoms with E-state index in [0.717, 1.165) is 6.42 Å². The highest BCUT2D eigenvalue weighted by atomic mass is 32.2. The maximum atomic E-state index is 11.0. The van der Waals surface area contributed by atoms with Gasteiger partial charge in [0.05, 0.1) is 11.5 Å². The van der Waals surface area contributed by atoms with E-state index in [2.05, 4.69) is 6.92 Å². The molecule has 0 amide bonds. The molecule has 22 heavy (non-hydrogen) atoms. The van der Waals surface area contributed by atoms with Crippen molar-refractivity contribution in [1.82, 2.24) is 0 Å². The largest absolute Gasteiger partial charge is 0.494 e. The second-order valence-corrected chi connectivity index (χ2v) is 6.72. The first kappa shape index (κ1) is 19.2. The molecular formula is C18H30O3S. The summed E-state index contributed by atoms with van der Waals surface area (Å²) in [5, 5.41) is 0. The third-order valence-corrected chi connectivity index (χ3v) is 4.43. The van der Waals surface area contributed by atoms with Crippen LogP contribution >= 0.6 is 0 Å². The Kier molecular flexibility index (Phi) is 11.0. The lowest BCUT2D eigenvalue weighted by Crippen LogP contribution is -1.98. The summed E-state index contributed by atoms with van der Waals surface area (Å²) >= 11 is -1.94. The highest BCUT2D eigenvalue weighted by Crippen LogP contribution is 2.16. The Balaban J connectivity index is 1.97. The Morgan fingerprint density at radius 2 is 1.55 bits per heavy atom. The van der Waals surface area contributed by atoms with Gasteiger partial charge >= 0.3 is 0 Å². The molecule has 0 saturated heterocycles. The third kappa shape index (κ3) is 9.21. The molecule has 0 saturated carbocycles. The van der Waals surface area contributed by atoms with Gasteiger partial charge in [-0.05, 0) is 24.6 Å². The van der Waals surface area contributed by atoms with Crippen LogP contribution in [0, 0.1) is 0 Å². The second-order valence-electron chi connectivity index (χ2n) is 5.75. The Morgan fingerprint density at radius 3 is 2.14 bits per heavy atom. The summed E-state index contributed by atoms with van der Waals surface area (Å²) in [5.74, 6) is 0.677. The summed E-state index contributed by atoms with van der Waals surface area (Å²) in [6.45, 7) is 2.93. The fraction of sp³-hybridized carbons (Fsp3) is 0.667. The number of hydrogen-bond donors (Lipinski definition) is 1. The summed E-state index contributed by atoms with van der Waals surface area (Å²) in [6.07, 6.45) is 13.0. The molecule has 126 valence electrons. The predicted octanol–water partition coefficient (Wildman–Crippen LogP) is 5.57. The molecule has 1 atom stereocenters. The zero-order valence-electron chi connectivity index (χ0n) is 13.8. The van der Waals surface area contributed by atoms with Crippen LogP contribution in [0.5, 0.6) is 5.75 Å². The van der Waals surface area contributed by atoms with Crippen LogP contribution in [0.25, 0.3) is 0 Å². The molecule has 0 heterocycles. The number of unbranched alkanes of at least 4 members (excludes halogenated alkanes) is 9. The summed E-state index contributed by atoms with van der Waals surface area (Å²) in [5.41, 5.74) is 0. The zero-order chi connectivity index (χ0) is 16.0. The van der Waals surface area contributed by atoms with Crippen molar-refractivity contribution in [2.24, 2.45) is 0 Å². The van der Waals surface area contributed by atoms with Gasteiger partial charge in [0.1, 0.15) is 5.75 Å². The van der Waals surface area contributed by atoms with Crippen molar-refractivity contribution < 1.29 is 13.5 Å². The molecule has 3 nitrogen and oxygen atoms in total. The molecule has 0 aliphatic heterocycles. The average Bonchev–Trinajstić information content (AvgIpc) is 2.53. The summed E-state index contributed by atoms with van der Waals surface area (Å²) in [4.78, 5) is 0.389. The number of ether oxygens (including phenoxy) is 1. The van der Waals surface area contributed by atoms with Crippen molar-refractivity contribution in [1.29, 1.82) is 0 Å². The van der Waals surface area contributed by atoms with E-state index in [1.54, 1.807) is 18.2 Å². The lowest BCUT2D eigenvalue weighted by Gasteiger charge is -2.07. The molecule has 0 fully saturated rings. The lowest BCUT2D eigenvalue weighted by molar-refractivity contribution is 0.303. The van der Waals surface area contributed by atoms with Gasteiger partial charge in [-0.3, -0.25) is 0 Å². The Hall–Kier alpha value is -0.870. The fourth-order valence-electron chi connectivity index (χ4n) is 2.45. The molecule has 0 aliphatic carbocycles. The Morgan fingerprint density at radius 1 is 0.955 bits per heavy atom. The third-order valence-electron chi connectivity index (χ3n) is 3.77. The number of benzene rings is 1. The molecule has 0 aliphatic rings. The van der Waals surface area contributed by atoms with Crippen LogP contribution in [0.2, 0.25) is 0 Å². The summed E-state index contributed by atoms with van der Waals surface area (Å²) in [7, 11) is 0. The molecule has 0 spiro atoms. The first-order valence-corrected chi connectivity index (χ1v) is 9.68. The van der Waals surface area contributed by atoms with E-state index in [1.165, 1.54) is 57.8 Å². The van der Waals surface area contributed by atoms with Gasteiger partial charge in [0.2, 0.25) is 0 Å². The SMILES string of the molecule is CCCCCCCCCCCCOc1cccc(S(=O)O)c1. The molecule has 0 aromatic heterocycles. The lowest BCUT2D eigenvalue weighted by atomic mass is 10.1. The highest BCUT2D eigenvalue weighted by molar-refractivity contribution is 7.79. The molecule has 1 aromatic carbocycles. The van der Waals surface area contributed by atoms with Gasteiger partial charge < -0.3 is 9.29 Å². The molecule has 4 heteroatoms. The van der Waals surface area contributed by atoms with Crippen LogP contribution in [-0.4, -0.2) is 15.4 Å². The molecule has 1 N–H and O–H groups in total. The van der Waals surface area contributed by atoms with Gasteiger partial charge in [-0.25, -0.2) is 4.21 Å². The molecule has 0 bridgehead atoms. The van der Waals surface area contributed by atoms with Crippen molar-refractivity contribution in [2.75, 3.05) is 6.61 Å². The first-order valence-electron chi connectivity index (χ1n) is 8.57. The highest BCUT2D eigenvalue weighted by Gasteiger charge is 2.01. The average molecular weight is 327 g/mol. The van der Waals surface area contributed by atoms with E-state index in [1.807, 2.05) is 6.07 Å². The van der Waals surface area contributed by atoms with Crippen LogP contribution in [-0.2, 0) is 11.1 Å². The minimum absolute atomic E-state index is 0.389. The van der Waals surface area contributed by atoms with Gasteiger partial charge in [-0.15, -0.1) is 0 Å². The first-order chi connectivity index (χ1) is 10.7. The Bertz CT molecular complexity index is 421. The summed E-state index contributed by atoms with van der Waals surface area (Å²) < 4.78 is 25.6. The van der Waals surface area contributed by atoms with E-state index in [4.69, 9.17) is 9.29 Å². The predicted molar refractivity (Wildman–Crippen MR) is 92.8 cm³/mol. The Labute approximate surface area is 137 Å². The van der Waals surface area contributed by atoms with Crippen LogP contribution in [0.3, 0.4) is 0 Å². The molecular weight excluding hydrogens is 296 g/mol. The zero-order valence-corrected chi connectivity index (χ0v) is 14.6. The molecule has 0 radical (unpaired) electrons. The van der Waals surface area contributed by atoms with Gasteiger partial charge in [-0.2, -0.15) is 0 Å². The summed E-state index contributed by atoms with van der Waals surface area (Å²) in [6, 6.07) is 6.83. The minimum atomic E-state index is -1.94. The van der Waals surface area contributed by atoms with E-state index >= 15 is 0 Å². The van der Waals surface area contributed by atoms with E-state index < -0.39 is 11.1 Å². The van der Waals surface area contributed by atoms with Gasteiger partial charge in [0.15, 0.2) is 11.1 Å². The van der Waals surface area contributed by atoms with Crippen molar-refractivity contribution in [2.45, 2.75) is 76.0 Å². The number of rotatable bonds is 13. The fourth-order valence-corrected chi connectivity index (χ4v) is 2.86. The van der Waals surface area contributed by atoms with Crippen LogP contribution in [0.1, 0.15) is 71.1 Å². The second kappa shape index (κ2) is 12.7. The van der Waals surface area contributed by atoms with Crippen LogP contribution in [0.15, 0.2) is 29.2 Å². The molecule has 1 unspecified atom stereocenters. The van der Waals surface area contributed by atoms with E-state index in [0.29, 0.717) is 17.3 Å². The maximum absolute atomic E-state index is 11.0. The van der Waals surface area contributed by atoms with E-state index in [-0.39, 0.29) is 0 Å². The maximum Gasteiger partial charge on any atom is 0.186 e. The minimum Gasteiger partial charge on any atom is -0.494 e. The van der Waals surface area contributed by atoms with Crippen molar-refractivity contribution in [3.05, 3.63) is 24.3 Å². The normalized spacial score (nSPS) is 12.3. The van der Waals surface area contributed by atoms with Crippen molar-refractivity contribution in [3.8, 4) is 5.75 Å². The molecule has 1 rings (SSSR count). The standard InChI is InChI=1S/C18H30O3S/c1-2-3-4-5-6-7-8-9-10-11-15-21-17-13-12-14-18(16-17)22(19)20/h12-14,16H,2-11,15H2,1H3,(H,19,20). The van der Waals surface area contributed by atoms with Crippen molar-refractivity contribution >= 4 is 11.1 Å². The van der Waals surface area contributed by atoms with Crippen LogP contribution < -0.4 is 4.74 Å². The van der Waals surface area contributed by atoms with Crippen LogP contribution in [0.4, 0.5) is 0 Å². The van der Waals surface area contributed by atoms with Crippen molar-refractivity contribution in [3.63, 3.8) is 0 Å².